The van der Waals surface area contributed by atoms with E-state index in [9.17, 15) is 4.79 Å². The number of hydrogen-bond acceptors (Lipinski definition) is 7. The Morgan fingerprint density at radius 3 is 3.00 bits per heavy atom. The highest BCUT2D eigenvalue weighted by atomic mass is 32.1. The molecule has 0 saturated heterocycles. The molecule has 0 radical (unpaired) electrons. The third kappa shape index (κ3) is 2.96. The maximum absolute atomic E-state index is 12.0. The lowest BCUT2D eigenvalue weighted by atomic mass is 10.1. The van der Waals surface area contributed by atoms with Crippen molar-refractivity contribution >= 4 is 33.3 Å². The molecule has 3 heterocycles. The molecule has 2 aliphatic carbocycles. The molecule has 2 aliphatic rings. The van der Waals surface area contributed by atoms with E-state index >= 15 is 0 Å². The van der Waals surface area contributed by atoms with Gasteiger partial charge in [-0.2, -0.15) is 0 Å². The first kappa shape index (κ1) is 16.6. The first-order valence-electron chi connectivity index (χ1n) is 9.32. The number of anilines is 1. The minimum atomic E-state index is -0.310. The van der Waals surface area contributed by atoms with Crippen LogP contribution >= 0.6 is 11.3 Å². The van der Waals surface area contributed by atoms with Crippen molar-refractivity contribution in [3.8, 4) is 0 Å². The number of aromatic nitrogens is 3. The number of hydrogen-bond donors (Lipinski definition) is 1. The van der Waals surface area contributed by atoms with Crippen LogP contribution < -0.4 is 5.32 Å². The molecule has 0 aliphatic heterocycles. The molecule has 0 aromatic carbocycles. The number of nitrogens with one attached hydrogen (secondary N) is 1. The highest BCUT2D eigenvalue weighted by Gasteiger charge is 2.30. The number of esters is 1. The van der Waals surface area contributed by atoms with E-state index in [4.69, 9.17) is 9.72 Å². The Morgan fingerprint density at radius 1 is 1.30 bits per heavy atom. The Morgan fingerprint density at radius 2 is 2.19 bits per heavy atom. The fraction of sp³-hybridized carbons (Fsp3) is 0.400. The van der Waals surface area contributed by atoms with Gasteiger partial charge >= 0.3 is 5.97 Å². The molecule has 0 atom stereocenters. The van der Waals surface area contributed by atoms with Gasteiger partial charge in [-0.25, -0.2) is 14.8 Å². The molecular formula is C20H20N4O2S. The zero-order chi connectivity index (χ0) is 18.4. The van der Waals surface area contributed by atoms with Crippen LogP contribution in [0.15, 0.2) is 18.5 Å². The molecule has 7 heteroatoms. The summed E-state index contributed by atoms with van der Waals surface area (Å²) in [5, 5.41) is 4.62. The fourth-order valence-corrected chi connectivity index (χ4v) is 5.03. The van der Waals surface area contributed by atoms with Crippen molar-refractivity contribution in [2.45, 2.75) is 44.6 Å². The molecule has 138 valence electrons. The lowest BCUT2D eigenvalue weighted by Crippen LogP contribution is -2.10. The number of methoxy groups -OCH3 is 1. The van der Waals surface area contributed by atoms with Crippen molar-refractivity contribution in [3.05, 3.63) is 45.9 Å². The van der Waals surface area contributed by atoms with Crippen molar-refractivity contribution in [2.24, 2.45) is 0 Å². The molecular weight excluding hydrogens is 360 g/mol. The van der Waals surface area contributed by atoms with E-state index in [0.717, 1.165) is 47.7 Å². The summed E-state index contributed by atoms with van der Waals surface area (Å²) < 4.78 is 4.90. The fourth-order valence-electron chi connectivity index (χ4n) is 3.80. The normalized spacial score (nSPS) is 15.7. The van der Waals surface area contributed by atoms with Crippen LogP contribution in [-0.4, -0.2) is 28.0 Å². The number of thiophene rings is 1. The summed E-state index contributed by atoms with van der Waals surface area (Å²) >= 11 is 1.79. The van der Waals surface area contributed by atoms with Crippen molar-refractivity contribution in [2.75, 3.05) is 12.4 Å². The number of pyridine rings is 1. The molecule has 5 rings (SSSR count). The molecule has 3 aromatic heterocycles. The van der Waals surface area contributed by atoms with Gasteiger partial charge in [-0.15, -0.1) is 11.3 Å². The molecule has 27 heavy (non-hydrogen) atoms. The molecule has 0 spiro atoms. The third-order valence-electron chi connectivity index (χ3n) is 5.29. The third-order valence-corrected chi connectivity index (χ3v) is 6.49. The Kier molecular flexibility index (Phi) is 4.04. The largest absolute Gasteiger partial charge is 0.465 e. The van der Waals surface area contributed by atoms with Gasteiger partial charge in [-0.3, -0.25) is 4.98 Å². The summed E-state index contributed by atoms with van der Waals surface area (Å²) in [5.41, 5.74) is 3.77. The second-order valence-corrected chi connectivity index (χ2v) is 8.20. The van der Waals surface area contributed by atoms with Crippen LogP contribution in [0.2, 0.25) is 0 Å². The molecule has 6 nitrogen and oxygen atoms in total. The number of nitrogens with zero attached hydrogens (tertiary/aromatic N) is 3. The van der Waals surface area contributed by atoms with Crippen LogP contribution in [0.25, 0.3) is 10.2 Å². The van der Waals surface area contributed by atoms with Gasteiger partial charge in [0.25, 0.3) is 0 Å². The van der Waals surface area contributed by atoms with E-state index < -0.39 is 0 Å². The van der Waals surface area contributed by atoms with E-state index in [0.29, 0.717) is 18.0 Å². The molecule has 0 bridgehead atoms. The lowest BCUT2D eigenvalue weighted by Gasteiger charge is -2.11. The highest BCUT2D eigenvalue weighted by molar-refractivity contribution is 7.19. The van der Waals surface area contributed by atoms with Crippen molar-refractivity contribution in [3.63, 3.8) is 0 Å². The van der Waals surface area contributed by atoms with E-state index in [-0.39, 0.29) is 5.97 Å². The van der Waals surface area contributed by atoms with Crippen LogP contribution in [0.4, 0.5) is 5.82 Å². The highest BCUT2D eigenvalue weighted by Crippen LogP contribution is 2.41. The van der Waals surface area contributed by atoms with Crippen molar-refractivity contribution < 1.29 is 9.53 Å². The molecule has 1 saturated carbocycles. The zero-order valence-electron chi connectivity index (χ0n) is 15.1. The standard InChI is InChI=1S/C20H20N4O2S/c1-26-20(25)14-8-7-12(24-17(14)11-5-6-11)9-21-18-16-13-3-2-4-15(13)27-19(16)23-10-22-18/h7-8,10-11H,2-6,9H2,1H3,(H,21,22,23). The zero-order valence-corrected chi connectivity index (χ0v) is 15.9. The second-order valence-electron chi connectivity index (χ2n) is 7.11. The first-order chi connectivity index (χ1) is 13.2. The Bertz CT molecular complexity index is 1040. The van der Waals surface area contributed by atoms with Crippen LogP contribution in [0.1, 0.15) is 57.4 Å². The first-order valence-corrected chi connectivity index (χ1v) is 10.1. The summed E-state index contributed by atoms with van der Waals surface area (Å²) in [7, 11) is 1.41. The summed E-state index contributed by atoms with van der Waals surface area (Å²) in [4.78, 5) is 28.2. The number of aryl methyl sites for hydroxylation is 2. The summed E-state index contributed by atoms with van der Waals surface area (Å²) in [5.74, 6) is 0.950. The minimum absolute atomic E-state index is 0.310. The minimum Gasteiger partial charge on any atom is -0.465 e. The topological polar surface area (TPSA) is 77.0 Å². The second kappa shape index (κ2) is 6.56. The van der Waals surface area contributed by atoms with Gasteiger partial charge in [-0.05, 0) is 49.8 Å². The summed E-state index contributed by atoms with van der Waals surface area (Å²) in [6.07, 6.45) is 7.27. The maximum atomic E-state index is 12.0. The summed E-state index contributed by atoms with van der Waals surface area (Å²) in [6.45, 7) is 0.567. The average molecular weight is 380 g/mol. The number of fused-ring (bicyclic) bond motifs is 3. The predicted octanol–water partition coefficient (Wildman–Crippen LogP) is 3.85. The number of carbonyl (C=O) groups is 1. The summed E-state index contributed by atoms with van der Waals surface area (Å²) in [6, 6.07) is 3.73. The van der Waals surface area contributed by atoms with Gasteiger partial charge in [0.15, 0.2) is 0 Å². The molecule has 1 fully saturated rings. The quantitative estimate of drug-likeness (QED) is 0.678. The Labute approximate surface area is 161 Å². The lowest BCUT2D eigenvalue weighted by molar-refractivity contribution is 0.0598. The molecule has 3 aromatic rings. The van der Waals surface area contributed by atoms with Gasteiger partial charge in [0, 0.05) is 10.8 Å². The number of ether oxygens (including phenoxy) is 1. The van der Waals surface area contributed by atoms with Gasteiger partial charge in [0.1, 0.15) is 17.0 Å². The van der Waals surface area contributed by atoms with E-state index in [2.05, 4.69) is 15.3 Å². The van der Waals surface area contributed by atoms with Crippen LogP contribution in [0.5, 0.6) is 0 Å². The van der Waals surface area contributed by atoms with Gasteiger partial charge in [0.2, 0.25) is 0 Å². The van der Waals surface area contributed by atoms with E-state index in [1.54, 1.807) is 17.7 Å². The number of rotatable bonds is 5. The van der Waals surface area contributed by atoms with Crippen LogP contribution in [0, 0.1) is 0 Å². The van der Waals surface area contributed by atoms with Crippen LogP contribution in [0.3, 0.4) is 0 Å². The van der Waals surface area contributed by atoms with Crippen LogP contribution in [-0.2, 0) is 24.1 Å². The van der Waals surface area contributed by atoms with Crippen molar-refractivity contribution in [1.82, 2.24) is 15.0 Å². The SMILES string of the molecule is COC(=O)c1ccc(CNc2ncnc3sc4c(c23)CCC4)nc1C1CC1. The van der Waals surface area contributed by atoms with E-state index in [1.807, 2.05) is 12.1 Å². The molecule has 0 unspecified atom stereocenters. The Balaban J connectivity index is 1.43. The molecule has 0 amide bonds. The predicted molar refractivity (Wildman–Crippen MR) is 104 cm³/mol. The monoisotopic (exact) mass is 380 g/mol. The van der Waals surface area contributed by atoms with Crippen molar-refractivity contribution in [1.29, 1.82) is 0 Å². The Hall–Kier alpha value is -2.54. The average Bonchev–Trinajstić information content (AvgIpc) is 3.34. The van der Waals surface area contributed by atoms with E-state index in [1.165, 1.54) is 29.4 Å². The maximum Gasteiger partial charge on any atom is 0.339 e. The smallest absolute Gasteiger partial charge is 0.339 e. The van der Waals surface area contributed by atoms with Gasteiger partial charge in [-0.1, -0.05) is 0 Å². The van der Waals surface area contributed by atoms with Gasteiger partial charge in [0.05, 0.1) is 36.0 Å². The molecule has 1 N–H and O–H groups in total. The number of carbonyl (C=O) groups excluding carboxylic acids is 1. The van der Waals surface area contributed by atoms with Gasteiger partial charge < -0.3 is 10.1 Å².